The van der Waals surface area contributed by atoms with Crippen molar-refractivity contribution in [2.45, 2.75) is 33.2 Å². The van der Waals surface area contributed by atoms with Crippen LogP contribution in [0.1, 0.15) is 37.7 Å². The fourth-order valence-corrected chi connectivity index (χ4v) is 1.78. The van der Waals surface area contributed by atoms with Crippen LogP contribution in [-0.4, -0.2) is 28.0 Å². The SMILES string of the molecule is CCCN(C(=O)c1cc(N)cn1C)C(C)C. The van der Waals surface area contributed by atoms with Crippen LogP contribution in [-0.2, 0) is 7.05 Å². The number of aromatic nitrogens is 1. The molecule has 0 aliphatic carbocycles. The zero-order chi connectivity index (χ0) is 12.3. The van der Waals surface area contributed by atoms with Gasteiger partial charge < -0.3 is 15.2 Å². The lowest BCUT2D eigenvalue weighted by Gasteiger charge is -2.26. The average molecular weight is 223 g/mol. The Bertz CT molecular complexity index is 368. The van der Waals surface area contributed by atoms with Crippen LogP contribution in [0.5, 0.6) is 0 Å². The van der Waals surface area contributed by atoms with Gasteiger partial charge in [-0.15, -0.1) is 0 Å². The molecule has 0 aliphatic heterocycles. The molecule has 0 atom stereocenters. The summed E-state index contributed by atoms with van der Waals surface area (Å²) in [7, 11) is 1.84. The maximum absolute atomic E-state index is 12.3. The van der Waals surface area contributed by atoms with E-state index in [1.54, 1.807) is 16.8 Å². The summed E-state index contributed by atoms with van der Waals surface area (Å²) in [5.74, 6) is 0.0519. The number of rotatable bonds is 4. The molecule has 0 unspecified atom stereocenters. The Kier molecular flexibility index (Phi) is 3.99. The maximum atomic E-state index is 12.3. The molecule has 0 fully saturated rings. The topological polar surface area (TPSA) is 51.3 Å². The molecular weight excluding hydrogens is 202 g/mol. The van der Waals surface area contributed by atoms with Crippen molar-refractivity contribution in [1.82, 2.24) is 9.47 Å². The van der Waals surface area contributed by atoms with Crippen LogP contribution in [0.4, 0.5) is 5.69 Å². The molecule has 0 aromatic carbocycles. The van der Waals surface area contributed by atoms with E-state index in [1.807, 2.05) is 25.8 Å². The van der Waals surface area contributed by atoms with Crippen molar-refractivity contribution >= 4 is 11.6 Å². The van der Waals surface area contributed by atoms with Gasteiger partial charge in [-0.05, 0) is 26.3 Å². The van der Waals surface area contributed by atoms with Gasteiger partial charge in [0.2, 0.25) is 0 Å². The highest BCUT2D eigenvalue weighted by Crippen LogP contribution is 2.13. The highest BCUT2D eigenvalue weighted by Gasteiger charge is 2.20. The Morgan fingerprint density at radius 2 is 2.19 bits per heavy atom. The van der Waals surface area contributed by atoms with Crippen LogP contribution in [0.25, 0.3) is 0 Å². The highest BCUT2D eigenvalue weighted by atomic mass is 16.2. The third-order valence-corrected chi connectivity index (χ3v) is 2.59. The van der Waals surface area contributed by atoms with Crippen molar-refractivity contribution in [3.8, 4) is 0 Å². The van der Waals surface area contributed by atoms with E-state index in [2.05, 4.69) is 6.92 Å². The molecule has 90 valence electrons. The molecule has 1 aromatic rings. The van der Waals surface area contributed by atoms with Gasteiger partial charge in [0.25, 0.3) is 5.91 Å². The first-order valence-electron chi connectivity index (χ1n) is 5.70. The number of amides is 1. The van der Waals surface area contributed by atoms with Crippen LogP contribution in [0.15, 0.2) is 12.3 Å². The van der Waals surface area contributed by atoms with Crippen molar-refractivity contribution < 1.29 is 4.79 Å². The van der Waals surface area contributed by atoms with Crippen molar-refractivity contribution in [2.75, 3.05) is 12.3 Å². The number of nitrogen functional groups attached to an aromatic ring is 1. The standard InChI is InChI=1S/C12H21N3O/c1-5-6-15(9(2)3)12(16)11-7-10(13)8-14(11)4/h7-9H,5-6,13H2,1-4H3. The molecule has 16 heavy (non-hydrogen) atoms. The van der Waals surface area contributed by atoms with Gasteiger partial charge in [-0.3, -0.25) is 4.79 Å². The van der Waals surface area contributed by atoms with Gasteiger partial charge in [0, 0.05) is 25.8 Å². The summed E-state index contributed by atoms with van der Waals surface area (Å²) in [5, 5.41) is 0. The molecule has 0 radical (unpaired) electrons. The molecule has 0 saturated carbocycles. The van der Waals surface area contributed by atoms with Crippen molar-refractivity contribution in [1.29, 1.82) is 0 Å². The number of carbonyl (C=O) groups excluding carboxylic acids is 1. The zero-order valence-corrected chi connectivity index (χ0v) is 10.5. The number of anilines is 1. The van der Waals surface area contributed by atoms with Crippen LogP contribution < -0.4 is 5.73 Å². The quantitative estimate of drug-likeness (QED) is 0.847. The Balaban J connectivity index is 2.94. The second-order valence-corrected chi connectivity index (χ2v) is 4.36. The first-order valence-corrected chi connectivity index (χ1v) is 5.70. The fourth-order valence-electron chi connectivity index (χ4n) is 1.78. The molecule has 1 amide bonds. The number of nitrogens with two attached hydrogens (primary N) is 1. The molecular formula is C12H21N3O. The predicted octanol–water partition coefficient (Wildman–Crippen LogP) is 1.87. The summed E-state index contributed by atoms with van der Waals surface area (Å²) >= 11 is 0. The minimum absolute atomic E-state index is 0.0519. The number of hydrogen-bond acceptors (Lipinski definition) is 2. The molecule has 1 rings (SSSR count). The Morgan fingerprint density at radius 1 is 1.56 bits per heavy atom. The average Bonchev–Trinajstić information content (AvgIpc) is 2.53. The normalized spacial score (nSPS) is 10.8. The third kappa shape index (κ3) is 2.56. The van der Waals surface area contributed by atoms with Gasteiger partial charge in [0.05, 0.1) is 5.69 Å². The van der Waals surface area contributed by atoms with E-state index in [4.69, 9.17) is 5.73 Å². The lowest BCUT2D eigenvalue weighted by atomic mass is 10.2. The largest absolute Gasteiger partial charge is 0.397 e. The van der Waals surface area contributed by atoms with Crippen molar-refractivity contribution in [2.24, 2.45) is 7.05 Å². The first-order chi connectivity index (χ1) is 7.47. The smallest absolute Gasteiger partial charge is 0.270 e. The molecule has 0 spiro atoms. The third-order valence-electron chi connectivity index (χ3n) is 2.59. The van der Waals surface area contributed by atoms with E-state index in [0.717, 1.165) is 13.0 Å². The molecule has 0 aliphatic rings. The second kappa shape index (κ2) is 5.05. The lowest BCUT2D eigenvalue weighted by molar-refractivity contribution is 0.0696. The summed E-state index contributed by atoms with van der Waals surface area (Å²) in [6.45, 7) is 6.91. The van der Waals surface area contributed by atoms with E-state index in [1.165, 1.54) is 0 Å². The molecule has 2 N–H and O–H groups in total. The van der Waals surface area contributed by atoms with Gasteiger partial charge in [0.15, 0.2) is 0 Å². The Labute approximate surface area is 97.0 Å². The molecule has 4 heteroatoms. The van der Waals surface area contributed by atoms with Gasteiger partial charge in [-0.1, -0.05) is 6.92 Å². The fraction of sp³-hybridized carbons (Fsp3) is 0.583. The van der Waals surface area contributed by atoms with Crippen LogP contribution in [0, 0.1) is 0 Å². The summed E-state index contributed by atoms with van der Waals surface area (Å²) in [6, 6.07) is 1.94. The lowest BCUT2D eigenvalue weighted by Crippen LogP contribution is -2.38. The van der Waals surface area contributed by atoms with E-state index >= 15 is 0 Å². The predicted molar refractivity (Wildman–Crippen MR) is 66.3 cm³/mol. The van der Waals surface area contributed by atoms with Crippen LogP contribution in [0.2, 0.25) is 0 Å². The Hall–Kier alpha value is -1.45. The molecule has 0 saturated heterocycles. The van der Waals surface area contributed by atoms with Crippen molar-refractivity contribution in [3.63, 3.8) is 0 Å². The van der Waals surface area contributed by atoms with Crippen molar-refractivity contribution in [3.05, 3.63) is 18.0 Å². The number of hydrogen-bond donors (Lipinski definition) is 1. The van der Waals surface area contributed by atoms with Crippen LogP contribution in [0.3, 0.4) is 0 Å². The molecule has 1 aromatic heterocycles. The summed E-state index contributed by atoms with van der Waals surface area (Å²) in [4.78, 5) is 14.1. The second-order valence-electron chi connectivity index (χ2n) is 4.36. The minimum atomic E-state index is 0.0519. The number of carbonyl (C=O) groups is 1. The molecule has 0 bridgehead atoms. The van der Waals surface area contributed by atoms with E-state index in [0.29, 0.717) is 11.4 Å². The van der Waals surface area contributed by atoms with Gasteiger partial charge in [0.1, 0.15) is 5.69 Å². The van der Waals surface area contributed by atoms with Gasteiger partial charge in [-0.2, -0.15) is 0 Å². The Morgan fingerprint density at radius 3 is 2.56 bits per heavy atom. The van der Waals surface area contributed by atoms with Crippen LogP contribution >= 0.6 is 0 Å². The zero-order valence-electron chi connectivity index (χ0n) is 10.5. The monoisotopic (exact) mass is 223 g/mol. The maximum Gasteiger partial charge on any atom is 0.270 e. The molecule has 4 nitrogen and oxygen atoms in total. The van der Waals surface area contributed by atoms with Gasteiger partial charge in [-0.25, -0.2) is 0 Å². The van der Waals surface area contributed by atoms with Gasteiger partial charge >= 0.3 is 0 Å². The summed E-state index contributed by atoms with van der Waals surface area (Å²) in [5.41, 5.74) is 6.96. The van der Waals surface area contributed by atoms with E-state index < -0.39 is 0 Å². The molecule has 1 heterocycles. The number of nitrogens with zero attached hydrogens (tertiary/aromatic N) is 2. The summed E-state index contributed by atoms with van der Waals surface area (Å²) < 4.78 is 1.78. The van der Waals surface area contributed by atoms with E-state index in [-0.39, 0.29) is 11.9 Å². The first kappa shape index (κ1) is 12.6. The van der Waals surface area contributed by atoms with E-state index in [9.17, 15) is 4.79 Å². The number of aryl methyl sites for hydroxylation is 1. The summed E-state index contributed by atoms with van der Waals surface area (Å²) in [6.07, 6.45) is 2.72. The highest BCUT2D eigenvalue weighted by molar-refractivity contribution is 5.94. The minimum Gasteiger partial charge on any atom is -0.397 e.